The summed E-state index contributed by atoms with van der Waals surface area (Å²) in [6.45, 7) is 6.85. The molecule has 0 aromatic rings. The van der Waals surface area contributed by atoms with Crippen molar-refractivity contribution >= 4 is 56.9 Å². The fourth-order valence-electron chi connectivity index (χ4n) is 0. The summed E-state index contributed by atoms with van der Waals surface area (Å²) in [4.78, 5) is -1.18. The zero-order valence-electron chi connectivity index (χ0n) is 5.13. The van der Waals surface area contributed by atoms with Crippen molar-refractivity contribution in [3.05, 3.63) is 0 Å². The monoisotopic (exact) mass is 338 g/mol. The molecule has 0 rings (SSSR count). The molecule has 0 aliphatic carbocycles. The van der Waals surface area contributed by atoms with Crippen molar-refractivity contribution in [2.75, 3.05) is 0 Å². The fraction of sp³-hybridized carbons (Fsp3) is 1.00. The molecule has 0 fully saturated rings. The lowest BCUT2D eigenvalue weighted by Gasteiger charge is -2.23. The molecule has 5 heteroatoms. The standard InChI is InChI=1S/C3H9Br3Si2/c1-7(2,4)8(3,5)6/h1-3H3. The molecule has 0 saturated carbocycles. The first-order valence-corrected chi connectivity index (χ1v) is 15.6. The Morgan fingerprint density at radius 3 is 1.00 bits per heavy atom. The molecular weight excluding hydrogens is 332 g/mol. The quantitative estimate of drug-likeness (QED) is 0.506. The van der Waals surface area contributed by atoms with Gasteiger partial charge in [0.25, 0.3) is 0 Å². The lowest BCUT2D eigenvalue weighted by Crippen LogP contribution is -2.41. The van der Waals surface area contributed by atoms with Gasteiger partial charge in [-0.3, -0.25) is 0 Å². The van der Waals surface area contributed by atoms with Crippen LogP contribution in [0.25, 0.3) is 0 Å². The van der Waals surface area contributed by atoms with Crippen LogP contribution in [0, 0.1) is 0 Å². The summed E-state index contributed by atoms with van der Waals surface area (Å²) in [7, 11) is 0. The summed E-state index contributed by atoms with van der Waals surface area (Å²) in [5, 5.41) is 0. The first-order valence-electron chi connectivity index (χ1n) is 2.32. The number of halogens is 3. The van der Waals surface area contributed by atoms with Gasteiger partial charge in [0.1, 0.15) is 6.21 Å². The van der Waals surface area contributed by atoms with Crippen LogP contribution in [0.5, 0.6) is 0 Å². The average Bonchev–Trinajstić information content (AvgIpc) is 1.25. The second-order valence-corrected chi connectivity index (χ2v) is 39.1. The van der Waals surface area contributed by atoms with E-state index in [0.29, 0.717) is 0 Å². The second-order valence-electron chi connectivity index (χ2n) is 2.36. The van der Waals surface area contributed by atoms with Crippen molar-refractivity contribution in [2.24, 2.45) is 0 Å². The Hall–Kier alpha value is 1.87. The summed E-state index contributed by atoms with van der Waals surface area (Å²) >= 11 is 11.0. The van der Waals surface area contributed by atoms with Gasteiger partial charge in [-0.05, 0) is 0 Å². The molecule has 0 aromatic heterocycles. The Morgan fingerprint density at radius 2 is 1.00 bits per heavy atom. The Kier molecular flexibility index (Phi) is 3.53. The number of hydrogen-bond acceptors (Lipinski definition) is 0. The van der Waals surface area contributed by atoms with Crippen LogP contribution >= 0.6 is 45.9 Å². The summed E-state index contributed by atoms with van der Waals surface area (Å²) in [6, 6.07) is 0. The van der Waals surface area contributed by atoms with Crippen molar-refractivity contribution in [3.63, 3.8) is 0 Å². The van der Waals surface area contributed by atoms with E-state index < -0.39 is 11.0 Å². The van der Waals surface area contributed by atoms with Gasteiger partial charge in [0.05, 0.1) is 0 Å². The molecule has 0 aliphatic heterocycles. The van der Waals surface area contributed by atoms with E-state index in [-0.39, 0.29) is 0 Å². The summed E-state index contributed by atoms with van der Waals surface area (Å²) < 4.78 is 0. The highest BCUT2D eigenvalue weighted by molar-refractivity contribution is 9.56. The molecule has 50 valence electrons. The predicted octanol–water partition coefficient (Wildman–Crippen LogP) is 3.53. The molecule has 0 saturated heterocycles. The van der Waals surface area contributed by atoms with E-state index in [2.05, 4.69) is 65.5 Å². The van der Waals surface area contributed by atoms with Crippen LogP contribution in [0.1, 0.15) is 0 Å². The van der Waals surface area contributed by atoms with Crippen molar-refractivity contribution in [1.29, 1.82) is 0 Å². The molecule has 8 heavy (non-hydrogen) atoms. The van der Waals surface area contributed by atoms with Gasteiger partial charge in [0.2, 0.25) is 0 Å². The maximum atomic E-state index is 3.71. The van der Waals surface area contributed by atoms with Gasteiger partial charge in [0.15, 0.2) is 4.83 Å². The molecule has 0 aliphatic rings. The molecule has 0 atom stereocenters. The van der Waals surface area contributed by atoms with E-state index in [9.17, 15) is 0 Å². The van der Waals surface area contributed by atoms with E-state index in [1.54, 1.807) is 0 Å². The molecular formula is C3H9Br3Si2. The van der Waals surface area contributed by atoms with E-state index in [0.717, 1.165) is 0 Å². The topological polar surface area (TPSA) is 0 Å². The van der Waals surface area contributed by atoms with Gasteiger partial charge < -0.3 is 0 Å². The van der Waals surface area contributed by atoms with E-state index in [1.807, 2.05) is 0 Å². The van der Waals surface area contributed by atoms with Crippen molar-refractivity contribution in [2.45, 2.75) is 19.6 Å². The van der Waals surface area contributed by atoms with E-state index in [4.69, 9.17) is 0 Å². The SMILES string of the molecule is C[Si](C)(Br)[Si](C)(Br)Br. The van der Waals surface area contributed by atoms with E-state index in [1.165, 1.54) is 0 Å². The van der Waals surface area contributed by atoms with Crippen LogP contribution in [0.3, 0.4) is 0 Å². The van der Waals surface area contributed by atoms with Crippen LogP contribution in [0.4, 0.5) is 0 Å². The first kappa shape index (κ1) is 9.87. The molecule has 0 aromatic carbocycles. The highest BCUT2D eigenvalue weighted by Gasteiger charge is 2.39. The molecule has 0 unspecified atom stereocenters. The summed E-state index contributed by atoms with van der Waals surface area (Å²) in [6.07, 6.45) is -1.07. The van der Waals surface area contributed by atoms with Crippen LogP contribution in [0.15, 0.2) is 0 Å². The van der Waals surface area contributed by atoms with Crippen molar-refractivity contribution in [3.8, 4) is 0 Å². The van der Waals surface area contributed by atoms with Crippen LogP contribution in [-0.4, -0.2) is 11.0 Å². The number of rotatable bonds is 1. The normalized spacial score (nSPS) is 14.2. The molecule has 0 nitrogen and oxygen atoms in total. The minimum absolute atomic E-state index is 1.07. The Morgan fingerprint density at radius 1 is 0.875 bits per heavy atom. The van der Waals surface area contributed by atoms with Crippen molar-refractivity contribution < 1.29 is 0 Å². The van der Waals surface area contributed by atoms with Crippen molar-refractivity contribution in [1.82, 2.24) is 0 Å². The summed E-state index contributed by atoms with van der Waals surface area (Å²) in [5.74, 6) is 0. The largest absolute Gasteiger partial charge is 0.200 e. The minimum Gasteiger partial charge on any atom is -0.128 e. The average molecular weight is 341 g/mol. The summed E-state index contributed by atoms with van der Waals surface area (Å²) in [5.41, 5.74) is 0. The third kappa shape index (κ3) is 3.15. The lowest BCUT2D eigenvalue weighted by atomic mass is 11.9. The van der Waals surface area contributed by atoms with Gasteiger partial charge >= 0.3 is 0 Å². The first-order chi connectivity index (χ1) is 3.25. The molecule has 0 heterocycles. The molecule has 0 bridgehead atoms. The number of hydrogen-bond donors (Lipinski definition) is 0. The van der Waals surface area contributed by atoms with E-state index >= 15 is 0 Å². The second kappa shape index (κ2) is 2.86. The Bertz CT molecular complexity index is 67.5. The van der Waals surface area contributed by atoms with Gasteiger partial charge in [-0.1, -0.05) is 19.6 Å². The van der Waals surface area contributed by atoms with Crippen LogP contribution in [0.2, 0.25) is 19.6 Å². The highest BCUT2D eigenvalue weighted by Crippen LogP contribution is 2.34. The van der Waals surface area contributed by atoms with Gasteiger partial charge in [-0.2, -0.15) is 0 Å². The predicted molar refractivity (Wildman–Crippen MR) is 55.9 cm³/mol. The maximum absolute atomic E-state index is 3.71. The van der Waals surface area contributed by atoms with Crippen LogP contribution < -0.4 is 0 Å². The fourth-order valence-corrected chi connectivity index (χ4v) is 0. The Balaban J connectivity index is 4.02. The minimum atomic E-state index is -1.18. The maximum Gasteiger partial charge on any atom is 0.200 e. The zero-order chi connectivity index (χ0) is 7.00. The molecule has 0 amide bonds. The molecule has 0 N–H and O–H groups in total. The lowest BCUT2D eigenvalue weighted by molar-refractivity contribution is 2.04. The Labute approximate surface area is 76.0 Å². The smallest absolute Gasteiger partial charge is 0.128 e. The zero-order valence-corrected chi connectivity index (χ0v) is 11.9. The van der Waals surface area contributed by atoms with Gasteiger partial charge in [-0.25, -0.2) is 0 Å². The third-order valence-electron chi connectivity index (χ3n) is 1.04. The van der Waals surface area contributed by atoms with Crippen LogP contribution in [-0.2, 0) is 0 Å². The third-order valence-corrected chi connectivity index (χ3v) is 44.0. The highest BCUT2D eigenvalue weighted by atomic mass is 79.9. The molecule has 0 radical (unpaired) electrons. The van der Waals surface area contributed by atoms with Gasteiger partial charge in [0, 0.05) is 0 Å². The van der Waals surface area contributed by atoms with Gasteiger partial charge in [-0.15, -0.1) is 45.9 Å². The molecule has 0 spiro atoms.